The van der Waals surface area contributed by atoms with Gasteiger partial charge < -0.3 is 4.98 Å². The maximum Gasteiger partial charge on any atom is 0.137 e. The molecule has 0 unspecified atom stereocenters. The molecule has 0 amide bonds. The van der Waals surface area contributed by atoms with E-state index in [0.717, 1.165) is 23.0 Å². The summed E-state index contributed by atoms with van der Waals surface area (Å²) in [4.78, 5) is 7.95. The Morgan fingerprint density at radius 2 is 1.95 bits per heavy atom. The van der Waals surface area contributed by atoms with Crippen molar-refractivity contribution < 1.29 is 0 Å². The summed E-state index contributed by atoms with van der Waals surface area (Å²) in [6.45, 7) is 0. The highest BCUT2D eigenvalue weighted by atomic mass is 14.9. The van der Waals surface area contributed by atoms with Gasteiger partial charge in [-0.25, -0.2) is 4.98 Å². The van der Waals surface area contributed by atoms with E-state index < -0.39 is 0 Å². The van der Waals surface area contributed by atoms with E-state index in [1.54, 1.807) is 0 Å². The fourth-order valence-corrected chi connectivity index (χ4v) is 2.63. The van der Waals surface area contributed by atoms with Gasteiger partial charge in [-0.3, -0.25) is 0 Å². The second-order valence-electron chi connectivity index (χ2n) is 5.30. The highest BCUT2D eigenvalue weighted by molar-refractivity contribution is 5.68. The van der Waals surface area contributed by atoms with Crippen LogP contribution >= 0.6 is 0 Å². The van der Waals surface area contributed by atoms with Crippen molar-refractivity contribution in [2.24, 2.45) is 0 Å². The molecule has 0 aliphatic heterocycles. The average Bonchev–Trinajstić information content (AvgIpc) is 3.25. The van der Waals surface area contributed by atoms with E-state index in [0.29, 0.717) is 0 Å². The zero-order valence-electron chi connectivity index (χ0n) is 11.1. The quantitative estimate of drug-likeness (QED) is 0.741. The lowest BCUT2D eigenvalue weighted by atomic mass is 10.0. The van der Waals surface area contributed by atoms with E-state index >= 15 is 0 Å². The van der Waals surface area contributed by atoms with Crippen molar-refractivity contribution in [1.82, 2.24) is 9.97 Å². The topological polar surface area (TPSA) is 28.7 Å². The monoisotopic (exact) mass is 259 g/mol. The van der Waals surface area contributed by atoms with Gasteiger partial charge >= 0.3 is 0 Å². The van der Waals surface area contributed by atoms with Crippen molar-refractivity contribution in [3.8, 4) is 22.6 Å². The Balaban J connectivity index is 1.75. The van der Waals surface area contributed by atoms with E-state index in [1.807, 2.05) is 30.5 Å². The summed E-state index contributed by atoms with van der Waals surface area (Å²) in [6, 6.07) is 19.7. The first-order chi connectivity index (χ1) is 9.92. The van der Waals surface area contributed by atoms with E-state index in [2.05, 4.69) is 40.3 Å². The molecular formula is C18H15N2. The van der Waals surface area contributed by atoms with Gasteiger partial charge in [0.25, 0.3) is 0 Å². The van der Waals surface area contributed by atoms with Crippen LogP contribution in [0.4, 0.5) is 0 Å². The number of imidazole rings is 1. The van der Waals surface area contributed by atoms with Gasteiger partial charge in [-0.2, -0.15) is 0 Å². The number of benzene rings is 2. The molecule has 2 nitrogen and oxygen atoms in total. The first-order valence-electron chi connectivity index (χ1n) is 7.02. The Kier molecular flexibility index (Phi) is 2.66. The standard InChI is InChI=1S/C18H15N2/c1-2-6-14(7-3-1)18-19-12-17(20-18)16-9-5-4-8-15(16)13-10-11-13/h1-4,6-9,12-13H,10-11H2,(H,19,20). The van der Waals surface area contributed by atoms with E-state index in [9.17, 15) is 0 Å². The molecule has 2 heteroatoms. The number of H-pyrrole nitrogens is 1. The van der Waals surface area contributed by atoms with E-state index in [1.165, 1.54) is 24.0 Å². The highest BCUT2D eigenvalue weighted by Gasteiger charge is 2.26. The van der Waals surface area contributed by atoms with Gasteiger partial charge in [0.1, 0.15) is 5.82 Å². The van der Waals surface area contributed by atoms with Gasteiger partial charge in [-0.15, -0.1) is 0 Å². The number of hydrogen-bond donors (Lipinski definition) is 1. The van der Waals surface area contributed by atoms with Crippen LogP contribution in [0.15, 0.2) is 54.7 Å². The molecule has 0 atom stereocenters. The molecule has 1 aliphatic rings. The minimum absolute atomic E-state index is 0.725. The van der Waals surface area contributed by atoms with Crippen molar-refractivity contribution in [3.05, 3.63) is 66.4 Å². The molecule has 1 fully saturated rings. The third kappa shape index (κ3) is 2.03. The normalized spacial score (nSPS) is 14.4. The molecule has 0 spiro atoms. The van der Waals surface area contributed by atoms with Crippen LogP contribution in [0.25, 0.3) is 22.6 Å². The maximum atomic E-state index is 4.51. The molecule has 3 aromatic rings. The molecule has 0 bridgehead atoms. The van der Waals surface area contributed by atoms with Crippen molar-refractivity contribution >= 4 is 0 Å². The molecule has 0 saturated heterocycles. The van der Waals surface area contributed by atoms with Crippen molar-refractivity contribution in [2.45, 2.75) is 18.8 Å². The van der Waals surface area contributed by atoms with Crippen molar-refractivity contribution in [2.75, 3.05) is 0 Å². The Morgan fingerprint density at radius 1 is 1.10 bits per heavy atom. The van der Waals surface area contributed by atoms with Gasteiger partial charge in [0.2, 0.25) is 0 Å². The minimum Gasteiger partial charge on any atom is -0.338 e. The van der Waals surface area contributed by atoms with Crippen LogP contribution in [0.5, 0.6) is 0 Å². The summed E-state index contributed by atoms with van der Waals surface area (Å²) >= 11 is 0. The summed E-state index contributed by atoms with van der Waals surface area (Å²) in [6.07, 6.45) is 4.53. The smallest absolute Gasteiger partial charge is 0.137 e. The van der Waals surface area contributed by atoms with Crippen molar-refractivity contribution in [1.29, 1.82) is 0 Å². The molecule has 1 heterocycles. The summed E-state index contributed by atoms with van der Waals surface area (Å²) in [5.41, 5.74) is 4.87. The van der Waals surface area contributed by atoms with Gasteiger partial charge in [0, 0.05) is 11.1 Å². The van der Waals surface area contributed by atoms with Crippen molar-refractivity contribution in [3.63, 3.8) is 0 Å². The van der Waals surface area contributed by atoms with Crippen LogP contribution in [0, 0.1) is 6.07 Å². The Morgan fingerprint density at radius 3 is 2.75 bits per heavy atom. The SMILES string of the molecule is [c]1ccc(C2CC2)c(-c2cnc(-c3ccccc3)[nH]2)c1. The number of hydrogen-bond acceptors (Lipinski definition) is 1. The molecule has 1 aliphatic carbocycles. The van der Waals surface area contributed by atoms with Crippen LogP contribution in [-0.4, -0.2) is 9.97 Å². The lowest BCUT2D eigenvalue weighted by Crippen LogP contribution is -1.87. The average molecular weight is 259 g/mol. The van der Waals surface area contributed by atoms with Crippen LogP contribution in [0.3, 0.4) is 0 Å². The minimum atomic E-state index is 0.725. The highest BCUT2D eigenvalue weighted by Crippen LogP contribution is 2.44. The molecule has 1 N–H and O–H groups in total. The number of nitrogens with zero attached hydrogens (tertiary/aromatic N) is 1. The molecule has 1 saturated carbocycles. The van der Waals surface area contributed by atoms with Gasteiger partial charge in [-0.1, -0.05) is 42.5 Å². The third-order valence-corrected chi connectivity index (χ3v) is 3.83. The number of nitrogens with one attached hydrogen (secondary N) is 1. The lowest BCUT2D eigenvalue weighted by molar-refractivity contribution is 1.13. The molecule has 1 radical (unpaired) electrons. The predicted molar refractivity (Wildman–Crippen MR) is 80.3 cm³/mol. The second kappa shape index (κ2) is 4.64. The predicted octanol–water partition coefficient (Wildman–Crippen LogP) is 4.42. The number of aromatic nitrogens is 2. The number of aromatic amines is 1. The Bertz CT molecular complexity index is 724. The summed E-state index contributed by atoms with van der Waals surface area (Å²) in [5.74, 6) is 1.65. The molecule has 20 heavy (non-hydrogen) atoms. The molecule has 4 rings (SSSR count). The second-order valence-corrected chi connectivity index (χ2v) is 5.30. The van der Waals surface area contributed by atoms with Gasteiger partial charge in [0.05, 0.1) is 11.9 Å². The number of rotatable bonds is 3. The van der Waals surface area contributed by atoms with Crippen LogP contribution < -0.4 is 0 Å². The van der Waals surface area contributed by atoms with E-state index in [-0.39, 0.29) is 0 Å². The first-order valence-corrected chi connectivity index (χ1v) is 7.02. The van der Waals surface area contributed by atoms with Crippen LogP contribution in [0.1, 0.15) is 24.3 Å². The van der Waals surface area contributed by atoms with Gasteiger partial charge in [-0.05, 0) is 36.5 Å². The molecule has 97 valence electrons. The third-order valence-electron chi connectivity index (χ3n) is 3.83. The zero-order valence-corrected chi connectivity index (χ0v) is 11.1. The largest absolute Gasteiger partial charge is 0.338 e. The molecular weight excluding hydrogens is 244 g/mol. The first kappa shape index (κ1) is 11.5. The summed E-state index contributed by atoms with van der Waals surface area (Å²) in [7, 11) is 0. The zero-order chi connectivity index (χ0) is 13.4. The fraction of sp³-hybridized carbons (Fsp3) is 0.167. The van der Waals surface area contributed by atoms with E-state index in [4.69, 9.17) is 0 Å². The van der Waals surface area contributed by atoms with Gasteiger partial charge in [0.15, 0.2) is 0 Å². The maximum absolute atomic E-state index is 4.51. The lowest BCUT2D eigenvalue weighted by Gasteiger charge is -2.05. The summed E-state index contributed by atoms with van der Waals surface area (Å²) < 4.78 is 0. The molecule has 1 aromatic heterocycles. The Labute approximate surface area is 118 Å². The van der Waals surface area contributed by atoms with Crippen LogP contribution in [-0.2, 0) is 0 Å². The summed E-state index contributed by atoms with van der Waals surface area (Å²) in [5, 5.41) is 0. The molecule has 2 aromatic carbocycles. The van der Waals surface area contributed by atoms with Crippen LogP contribution in [0.2, 0.25) is 0 Å². The fourth-order valence-electron chi connectivity index (χ4n) is 2.63. The Hall–Kier alpha value is -2.35.